The van der Waals surface area contributed by atoms with E-state index >= 15 is 0 Å². The summed E-state index contributed by atoms with van der Waals surface area (Å²) in [5, 5.41) is 7.03. The molecule has 0 aliphatic carbocycles. The van der Waals surface area contributed by atoms with Crippen molar-refractivity contribution in [2.24, 2.45) is 0 Å². The number of aryl methyl sites for hydroxylation is 1. The molecule has 0 atom stereocenters. The second-order valence-electron chi connectivity index (χ2n) is 6.77. The van der Waals surface area contributed by atoms with Gasteiger partial charge in [-0.05, 0) is 41.7 Å². The maximum atomic E-state index is 12.4. The molecule has 6 nitrogen and oxygen atoms in total. The summed E-state index contributed by atoms with van der Waals surface area (Å²) in [5.74, 6) is 0.952. The number of benzene rings is 2. The molecule has 27 heavy (non-hydrogen) atoms. The average molecular weight is 364 g/mol. The second-order valence-corrected chi connectivity index (χ2v) is 6.77. The van der Waals surface area contributed by atoms with E-state index in [1.165, 1.54) is 11.9 Å². The molecule has 0 bridgehead atoms. The Morgan fingerprint density at radius 3 is 2.78 bits per heavy atom. The van der Waals surface area contributed by atoms with Gasteiger partial charge < -0.3 is 10.1 Å². The Labute approximate surface area is 159 Å². The van der Waals surface area contributed by atoms with E-state index < -0.39 is 0 Å². The lowest BCUT2D eigenvalue weighted by Crippen LogP contribution is -2.21. The molecule has 2 aromatic carbocycles. The molecule has 0 unspecified atom stereocenters. The molecule has 140 valence electrons. The number of hydrogen-bond donors (Lipinski definition) is 1. The van der Waals surface area contributed by atoms with E-state index in [-0.39, 0.29) is 12.5 Å². The molecule has 0 saturated carbocycles. The number of nitrogens with one attached hydrogen (secondary N) is 1. The van der Waals surface area contributed by atoms with Crippen LogP contribution in [0, 0.1) is 6.92 Å². The first kappa shape index (κ1) is 18.6. The number of ether oxygens (including phenoxy) is 1. The molecule has 0 fully saturated rings. The van der Waals surface area contributed by atoms with E-state index in [0.717, 1.165) is 22.6 Å². The van der Waals surface area contributed by atoms with E-state index in [1.54, 1.807) is 11.0 Å². The number of carbonyl (C=O) groups excluding carboxylic acids is 1. The molecule has 3 aromatic rings. The molecular formula is C21H24N4O2. The molecule has 1 heterocycles. The summed E-state index contributed by atoms with van der Waals surface area (Å²) < 4.78 is 7.48. The summed E-state index contributed by atoms with van der Waals surface area (Å²) in [4.78, 5) is 16.3. The van der Waals surface area contributed by atoms with Gasteiger partial charge in [-0.2, -0.15) is 5.10 Å². The lowest BCUT2D eigenvalue weighted by Gasteiger charge is -2.14. The fourth-order valence-electron chi connectivity index (χ4n) is 2.73. The molecule has 3 rings (SSSR count). The van der Waals surface area contributed by atoms with Crippen LogP contribution in [0.4, 0.5) is 5.69 Å². The molecule has 0 aliphatic rings. The highest BCUT2D eigenvalue weighted by molar-refractivity contribution is 5.92. The predicted molar refractivity (Wildman–Crippen MR) is 105 cm³/mol. The van der Waals surface area contributed by atoms with Gasteiger partial charge in [-0.15, -0.1) is 0 Å². The zero-order chi connectivity index (χ0) is 19.2. The summed E-state index contributed by atoms with van der Waals surface area (Å²) in [6, 6.07) is 13.8. The van der Waals surface area contributed by atoms with Gasteiger partial charge >= 0.3 is 0 Å². The van der Waals surface area contributed by atoms with Crippen LogP contribution in [0.25, 0.3) is 0 Å². The maximum Gasteiger partial charge on any atom is 0.262 e. The molecule has 1 aromatic heterocycles. The predicted octanol–water partition coefficient (Wildman–Crippen LogP) is 3.78. The zero-order valence-corrected chi connectivity index (χ0v) is 15.8. The minimum Gasteiger partial charge on any atom is -0.483 e. The van der Waals surface area contributed by atoms with Crippen molar-refractivity contribution in [3.8, 4) is 5.75 Å². The summed E-state index contributed by atoms with van der Waals surface area (Å²) in [5.41, 5.74) is 3.90. The van der Waals surface area contributed by atoms with Crippen LogP contribution >= 0.6 is 0 Å². The summed E-state index contributed by atoms with van der Waals surface area (Å²) in [7, 11) is 0. The van der Waals surface area contributed by atoms with Crippen molar-refractivity contribution < 1.29 is 9.53 Å². The fraction of sp³-hybridized carbons (Fsp3) is 0.286. The lowest BCUT2D eigenvalue weighted by molar-refractivity contribution is -0.118. The van der Waals surface area contributed by atoms with Gasteiger partial charge in [0.15, 0.2) is 6.61 Å². The van der Waals surface area contributed by atoms with E-state index in [0.29, 0.717) is 12.5 Å². The van der Waals surface area contributed by atoms with Crippen molar-refractivity contribution >= 4 is 11.6 Å². The second kappa shape index (κ2) is 8.49. The van der Waals surface area contributed by atoms with E-state index in [9.17, 15) is 4.79 Å². The first-order valence-corrected chi connectivity index (χ1v) is 8.96. The van der Waals surface area contributed by atoms with Crippen LogP contribution in [0.1, 0.15) is 36.5 Å². The minimum absolute atomic E-state index is 0.0416. The Hall–Kier alpha value is -3.15. The molecule has 1 amide bonds. The number of rotatable bonds is 7. The number of hydrogen-bond acceptors (Lipinski definition) is 4. The monoisotopic (exact) mass is 364 g/mol. The number of amides is 1. The minimum atomic E-state index is -0.199. The van der Waals surface area contributed by atoms with Crippen molar-refractivity contribution in [2.75, 3.05) is 11.9 Å². The number of anilines is 1. The van der Waals surface area contributed by atoms with Gasteiger partial charge in [0.25, 0.3) is 5.91 Å². The largest absolute Gasteiger partial charge is 0.483 e. The van der Waals surface area contributed by atoms with Gasteiger partial charge in [-0.1, -0.05) is 44.2 Å². The van der Waals surface area contributed by atoms with Gasteiger partial charge in [0.1, 0.15) is 18.4 Å². The zero-order valence-electron chi connectivity index (χ0n) is 15.8. The smallest absolute Gasteiger partial charge is 0.262 e. The Morgan fingerprint density at radius 2 is 2.04 bits per heavy atom. The Kier molecular flexibility index (Phi) is 5.86. The summed E-state index contributed by atoms with van der Waals surface area (Å²) >= 11 is 0. The normalized spacial score (nSPS) is 10.8. The van der Waals surface area contributed by atoms with Crippen molar-refractivity contribution in [3.63, 3.8) is 0 Å². The highest BCUT2D eigenvalue weighted by Gasteiger charge is 2.10. The van der Waals surface area contributed by atoms with Gasteiger partial charge in [-0.3, -0.25) is 4.79 Å². The summed E-state index contributed by atoms with van der Waals surface area (Å²) in [6.45, 7) is 6.73. The van der Waals surface area contributed by atoms with Crippen LogP contribution in [0.3, 0.4) is 0 Å². The fourth-order valence-corrected chi connectivity index (χ4v) is 2.73. The number of para-hydroxylation sites is 1. The third kappa shape index (κ3) is 4.94. The topological polar surface area (TPSA) is 69.0 Å². The van der Waals surface area contributed by atoms with Gasteiger partial charge in [0.2, 0.25) is 0 Å². The molecule has 0 saturated heterocycles. The average Bonchev–Trinajstić information content (AvgIpc) is 3.15. The number of aromatic nitrogens is 3. The highest BCUT2D eigenvalue weighted by atomic mass is 16.5. The van der Waals surface area contributed by atoms with Crippen LogP contribution in [0.5, 0.6) is 5.75 Å². The van der Waals surface area contributed by atoms with Crippen LogP contribution < -0.4 is 10.1 Å². The molecule has 0 aliphatic heterocycles. The van der Waals surface area contributed by atoms with Gasteiger partial charge in [-0.25, -0.2) is 9.67 Å². The van der Waals surface area contributed by atoms with Crippen molar-refractivity contribution in [3.05, 3.63) is 71.8 Å². The summed E-state index contributed by atoms with van der Waals surface area (Å²) in [6.07, 6.45) is 3.13. The lowest BCUT2D eigenvalue weighted by atomic mass is 10.0. The number of carbonyl (C=O) groups is 1. The van der Waals surface area contributed by atoms with Gasteiger partial charge in [0, 0.05) is 5.69 Å². The number of nitrogens with zero attached hydrogens (tertiary/aromatic N) is 3. The maximum absolute atomic E-state index is 12.4. The third-order valence-corrected chi connectivity index (χ3v) is 4.33. The molecule has 0 radical (unpaired) electrons. The van der Waals surface area contributed by atoms with Crippen LogP contribution in [-0.4, -0.2) is 27.3 Å². The quantitative estimate of drug-likeness (QED) is 0.693. The van der Waals surface area contributed by atoms with E-state index in [1.807, 2.05) is 43.3 Å². The van der Waals surface area contributed by atoms with Gasteiger partial charge in [0.05, 0.1) is 6.54 Å². The van der Waals surface area contributed by atoms with Crippen molar-refractivity contribution in [1.82, 2.24) is 14.8 Å². The van der Waals surface area contributed by atoms with Crippen LogP contribution in [-0.2, 0) is 11.3 Å². The Balaban J connectivity index is 1.64. The molecular weight excluding hydrogens is 340 g/mol. The Bertz CT molecular complexity index is 904. The molecule has 6 heteroatoms. The molecule has 1 N–H and O–H groups in total. The Morgan fingerprint density at radius 1 is 1.22 bits per heavy atom. The van der Waals surface area contributed by atoms with E-state index in [2.05, 4.69) is 35.3 Å². The standard InChI is InChI=1S/C21H24N4O2/c1-15(2)17-9-8-16(3)20(10-17)27-12-21(26)24-19-7-5-4-6-18(19)11-25-14-22-13-23-25/h4-10,13-15H,11-12H2,1-3H3,(H,24,26). The van der Waals surface area contributed by atoms with Crippen LogP contribution in [0.2, 0.25) is 0 Å². The third-order valence-electron chi connectivity index (χ3n) is 4.33. The first-order valence-electron chi connectivity index (χ1n) is 8.96. The first-order chi connectivity index (χ1) is 13.0. The van der Waals surface area contributed by atoms with Crippen molar-refractivity contribution in [1.29, 1.82) is 0 Å². The van der Waals surface area contributed by atoms with E-state index in [4.69, 9.17) is 4.74 Å². The van der Waals surface area contributed by atoms with Crippen LogP contribution in [0.15, 0.2) is 55.1 Å². The molecule has 0 spiro atoms. The highest BCUT2D eigenvalue weighted by Crippen LogP contribution is 2.24. The SMILES string of the molecule is Cc1ccc(C(C)C)cc1OCC(=O)Nc1ccccc1Cn1cncn1. The van der Waals surface area contributed by atoms with Crippen molar-refractivity contribution in [2.45, 2.75) is 33.2 Å².